The molecule has 2 aliphatic rings. The zero-order chi connectivity index (χ0) is 29.4. The fourth-order valence-electron chi connectivity index (χ4n) is 6.01. The van der Waals surface area contributed by atoms with Gasteiger partial charge < -0.3 is 24.7 Å². The van der Waals surface area contributed by atoms with Crippen molar-refractivity contribution in [2.24, 2.45) is 17.3 Å². The Kier molecular flexibility index (Phi) is 8.93. The van der Waals surface area contributed by atoms with Crippen LogP contribution >= 0.6 is 0 Å². The highest BCUT2D eigenvalue weighted by Crippen LogP contribution is 2.46. The van der Waals surface area contributed by atoms with Gasteiger partial charge in [-0.1, -0.05) is 44.9 Å². The minimum absolute atomic E-state index is 0.0333. The summed E-state index contributed by atoms with van der Waals surface area (Å²) in [4.78, 5) is 31.6. The number of aliphatic hydroxyl groups is 2. The molecule has 4 rings (SSSR count). The summed E-state index contributed by atoms with van der Waals surface area (Å²) in [5.74, 6) is -0.771. The molecule has 8 heteroatoms. The molecule has 0 bridgehead atoms. The van der Waals surface area contributed by atoms with Crippen LogP contribution in [-0.2, 0) is 14.3 Å². The van der Waals surface area contributed by atoms with Gasteiger partial charge >= 0.3 is 0 Å². The van der Waals surface area contributed by atoms with Gasteiger partial charge in [-0.05, 0) is 63.6 Å². The topological polar surface area (TPSA) is 125 Å². The second-order valence-electron chi connectivity index (χ2n) is 13.0. The Morgan fingerprint density at radius 2 is 1.93 bits per heavy atom. The van der Waals surface area contributed by atoms with E-state index in [1.165, 1.54) is 0 Å². The van der Waals surface area contributed by atoms with Crippen LogP contribution in [0, 0.1) is 24.2 Å². The normalized spacial score (nSPS) is 33.7. The lowest BCUT2D eigenvalue weighted by Crippen LogP contribution is -2.47. The second kappa shape index (κ2) is 11.7. The number of ether oxygens (including phenoxy) is 1. The van der Waals surface area contributed by atoms with Crippen molar-refractivity contribution in [3.63, 3.8) is 0 Å². The first-order chi connectivity index (χ1) is 18.7. The molecule has 0 spiro atoms. The van der Waals surface area contributed by atoms with Crippen LogP contribution in [-0.4, -0.2) is 50.8 Å². The van der Waals surface area contributed by atoms with Crippen LogP contribution in [0.1, 0.15) is 97.6 Å². The quantitative estimate of drug-likeness (QED) is 0.345. The molecule has 8 nitrogen and oxygen atoms in total. The molecule has 0 saturated carbocycles. The van der Waals surface area contributed by atoms with E-state index < -0.39 is 23.5 Å². The molecular formula is C32H46N2O6. The molecule has 2 saturated heterocycles. The van der Waals surface area contributed by atoms with E-state index in [1.54, 1.807) is 20.8 Å². The van der Waals surface area contributed by atoms with Crippen LogP contribution < -0.4 is 5.32 Å². The lowest BCUT2D eigenvalue weighted by atomic mass is 9.71. The van der Waals surface area contributed by atoms with E-state index in [1.807, 2.05) is 45.0 Å². The van der Waals surface area contributed by atoms with Gasteiger partial charge in [0.25, 0.3) is 0 Å². The number of allylic oxidation sites excluding steroid dienone is 2. The van der Waals surface area contributed by atoms with Gasteiger partial charge in [0.15, 0.2) is 11.5 Å². The molecule has 2 fully saturated rings. The third kappa shape index (κ3) is 6.67. The van der Waals surface area contributed by atoms with Crippen molar-refractivity contribution in [3.8, 4) is 0 Å². The first kappa shape index (κ1) is 30.4. The van der Waals surface area contributed by atoms with Crippen LogP contribution in [0.15, 0.2) is 34.3 Å². The van der Waals surface area contributed by atoms with Crippen LogP contribution in [0.5, 0.6) is 0 Å². The summed E-state index contributed by atoms with van der Waals surface area (Å²) in [6.07, 6.45) is 3.04. The Hall–Kier alpha value is -2.55. The number of benzene rings is 1. The van der Waals surface area contributed by atoms with Crippen LogP contribution in [0.3, 0.4) is 0 Å². The number of hydrogen-bond acceptors (Lipinski definition) is 7. The number of aliphatic hydroxyl groups excluding tert-OH is 2. The molecule has 7 unspecified atom stereocenters. The molecule has 40 heavy (non-hydrogen) atoms. The number of epoxide rings is 1. The summed E-state index contributed by atoms with van der Waals surface area (Å²) in [5, 5.41) is 25.6. The number of oxazole rings is 1. The maximum Gasteiger partial charge on any atom is 0.223 e. The second-order valence-corrected chi connectivity index (χ2v) is 13.0. The molecule has 1 amide bonds. The zero-order valence-corrected chi connectivity index (χ0v) is 25.0. The van der Waals surface area contributed by atoms with Gasteiger partial charge in [-0.15, -0.1) is 0 Å². The summed E-state index contributed by atoms with van der Waals surface area (Å²) in [6.45, 7) is 13.1. The largest absolute Gasteiger partial charge is 0.441 e. The number of nitrogens with zero attached hydrogens (tertiary/aromatic N) is 1. The van der Waals surface area contributed by atoms with Crippen molar-refractivity contribution in [2.75, 3.05) is 0 Å². The number of nitrogens with one attached hydrogen (secondary N) is 1. The summed E-state index contributed by atoms with van der Waals surface area (Å²) >= 11 is 0. The lowest BCUT2D eigenvalue weighted by molar-refractivity contribution is -0.144. The number of carbonyl (C=O) groups is 2. The van der Waals surface area contributed by atoms with Gasteiger partial charge in [0.05, 0.1) is 41.8 Å². The molecule has 220 valence electrons. The molecule has 7 atom stereocenters. The predicted octanol–water partition coefficient (Wildman–Crippen LogP) is 5.34. The molecule has 0 radical (unpaired) electrons. The van der Waals surface area contributed by atoms with Crippen molar-refractivity contribution < 1.29 is 29.0 Å². The third-order valence-corrected chi connectivity index (χ3v) is 9.03. The molecular weight excluding hydrogens is 508 g/mol. The smallest absolute Gasteiger partial charge is 0.223 e. The van der Waals surface area contributed by atoms with Crippen molar-refractivity contribution in [2.45, 2.75) is 117 Å². The lowest BCUT2D eigenvalue weighted by Gasteiger charge is -2.36. The van der Waals surface area contributed by atoms with Gasteiger partial charge in [-0.2, -0.15) is 0 Å². The van der Waals surface area contributed by atoms with E-state index in [2.05, 4.69) is 17.2 Å². The number of Topliss-reactive ketones (excluding diaryl/α,β-unsaturated/α-hetero) is 1. The van der Waals surface area contributed by atoms with Crippen molar-refractivity contribution >= 4 is 22.8 Å². The maximum absolute atomic E-state index is 13.9. The van der Waals surface area contributed by atoms with Crippen LogP contribution in [0.25, 0.3) is 11.1 Å². The first-order valence-corrected chi connectivity index (χ1v) is 14.6. The van der Waals surface area contributed by atoms with Gasteiger partial charge in [0, 0.05) is 19.3 Å². The van der Waals surface area contributed by atoms with E-state index in [9.17, 15) is 19.8 Å². The average molecular weight is 555 g/mol. The molecule has 2 aliphatic heterocycles. The first-order valence-electron chi connectivity index (χ1n) is 14.6. The predicted molar refractivity (Wildman–Crippen MR) is 153 cm³/mol. The van der Waals surface area contributed by atoms with Gasteiger partial charge in [0.1, 0.15) is 11.3 Å². The zero-order valence-electron chi connectivity index (χ0n) is 25.0. The van der Waals surface area contributed by atoms with Crippen LogP contribution in [0.2, 0.25) is 0 Å². The minimum atomic E-state index is -1.22. The van der Waals surface area contributed by atoms with E-state index in [0.717, 1.165) is 35.9 Å². The fourth-order valence-corrected chi connectivity index (χ4v) is 6.01. The standard InChI is InChI=1S/C32H46N2O6/c1-18(2)10-12-22-29(37)19(3)9-8-14-32(7)27(40-32)16-23(21-11-13-25-24(15-21)33-20(4)39-25)34-28(36)17-26(35)31(5,6)30(22)38/h10-11,13,15,19,22-23,26-27,29,35,37H,8-9,12,14,16-17H2,1-7H3,(H,34,36). The van der Waals surface area contributed by atoms with Gasteiger partial charge in [-0.3, -0.25) is 9.59 Å². The highest BCUT2D eigenvalue weighted by Gasteiger charge is 2.52. The van der Waals surface area contributed by atoms with Gasteiger partial charge in [-0.25, -0.2) is 4.98 Å². The average Bonchev–Trinajstić information content (AvgIpc) is 3.34. The Bertz CT molecular complexity index is 1260. The highest BCUT2D eigenvalue weighted by atomic mass is 16.6. The molecule has 3 heterocycles. The number of rotatable bonds is 3. The summed E-state index contributed by atoms with van der Waals surface area (Å²) < 4.78 is 11.8. The van der Waals surface area contributed by atoms with E-state index in [-0.39, 0.29) is 41.8 Å². The van der Waals surface area contributed by atoms with Crippen molar-refractivity contribution in [1.29, 1.82) is 0 Å². The van der Waals surface area contributed by atoms with Crippen molar-refractivity contribution in [3.05, 3.63) is 41.3 Å². The maximum atomic E-state index is 13.9. The van der Waals surface area contributed by atoms with E-state index in [4.69, 9.17) is 9.15 Å². The number of hydrogen-bond donors (Lipinski definition) is 3. The molecule has 1 aromatic heterocycles. The Morgan fingerprint density at radius 3 is 2.62 bits per heavy atom. The summed E-state index contributed by atoms with van der Waals surface area (Å²) in [7, 11) is 0. The molecule has 1 aromatic carbocycles. The number of fused-ring (bicyclic) bond motifs is 2. The Morgan fingerprint density at radius 1 is 1.20 bits per heavy atom. The SMILES string of the molecule is CC(C)=CCC1C(=O)C(C)(C)C(O)CC(=O)NC(c2ccc3oc(C)nc3c2)CC2OC2(C)CCCC(C)C1O. The fraction of sp³-hybridized carbons (Fsp3) is 0.656. The van der Waals surface area contributed by atoms with Crippen LogP contribution in [0.4, 0.5) is 0 Å². The monoisotopic (exact) mass is 554 g/mol. The molecule has 2 aromatic rings. The number of carbonyl (C=O) groups excluding carboxylic acids is 2. The summed E-state index contributed by atoms with van der Waals surface area (Å²) in [6, 6.07) is 5.36. The van der Waals surface area contributed by atoms with Crippen molar-refractivity contribution in [1.82, 2.24) is 10.3 Å². The van der Waals surface area contributed by atoms with E-state index >= 15 is 0 Å². The van der Waals surface area contributed by atoms with Gasteiger partial charge in [0.2, 0.25) is 5.91 Å². The molecule has 3 N–H and O–H groups in total. The minimum Gasteiger partial charge on any atom is -0.441 e. The summed E-state index contributed by atoms with van der Waals surface area (Å²) in [5.41, 5.74) is 1.82. The number of amides is 1. The molecule has 0 aliphatic carbocycles. The number of aromatic nitrogens is 1. The Balaban J connectivity index is 1.63. The number of aryl methyl sites for hydroxylation is 1. The highest BCUT2D eigenvalue weighted by molar-refractivity contribution is 5.88. The third-order valence-electron chi connectivity index (χ3n) is 9.03. The van der Waals surface area contributed by atoms with E-state index in [0.29, 0.717) is 24.3 Å². The number of ketones is 1. The Labute approximate surface area is 237 Å².